The first-order valence-electron chi connectivity index (χ1n) is 4.83. The van der Waals surface area contributed by atoms with E-state index in [0.717, 1.165) is 0 Å². The summed E-state index contributed by atoms with van der Waals surface area (Å²) in [7, 11) is -3.61. The number of nitrogens with zero attached hydrogens (tertiary/aromatic N) is 3. The van der Waals surface area contributed by atoms with Crippen LogP contribution in [0.2, 0.25) is 0 Å². The van der Waals surface area contributed by atoms with E-state index < -0.39 is 10.0 Å². The molecule has 0 spiro atoms. The monoisotopic (exact) mass is 248 g/mol. The first-order valence-corrected chi connectivity index (χ1v) is 6.27. The summed E-state index contributed by atoms with van der Waals surface area (Å²) in [6.07, 6.45) is 2.96. The summed E-state index contributed by atoms with van der Waals surface area (Å²) in [5.41, 5.74) is 6.54. The van der Waals surface area contributed by atoms with E-state index in [2.05, 4.69) is 9.50 Å². The van der Waals surface area contributed by atoms with Crippen molar-refractivity contribution >= 4 is 21.5 Å². The van der Waals surface area contributed by atoms with Gasteiger partial charge in [-0.2, -0.15) is 13.5 Å². The minimum Gasteiger partial charge on any atom is -0.396 e. The molecule has 0 atom stereocenters. The molecule has 0 bridgehead atoms. The quantitative estimate of drug-likeness (QED) is 0.733. The number of anilines is 1. The van der Waals surface area contributed by atoms with Crippen LogP contribution in [-0.4, -0.2) is 24.0 Å². The molecular formula is C10H8N4O2S. The van der Waals surface area contributed by atoms with Crippen LogP contribution in [0.5, 0.6) is 0 Å². The molecule has 0 fully saturated rings. The molecule has 0 saturated heterocycles. The van der Waals surface area contributed by atoms with Gasteiger partial charge >= 0.3 is 0 Å². The molecule has 7 heteroatoms. The zero-order valence-corrected chi connectivity index (χ0v) is 9.42. The highest BCUT2D eigenvalue weighted by Gasteiger charge is 2.29. The average molecular weight is 248 g/mol. The number of rotatable bonds is 0. The van der Waals surface area contributed by atoms with Crippen LogP contribution in [0.4, 0.5) is 5.69 Å². The highest BCUT2D eigenvalue weighted by molar-refractivity contribution is 7.90. The predicted molar refractivity (Wildman–Crippen MR) is 62.2 cm³/mol. The molecule has 3 rings (SSSR count). The molecule has 0 aliphatic carbocycles. The van der Waals surface area contributed by atoms with Crippen molar-refractivity contribution in [1.29, 1.82) is 0 Å². The van der Waals surface area contributed by atoms with Crippen molar-refractivity contribution in [3.63, 3.8) is 0 Å². The first-order chi connectivity index (χ1) is 8.08. The van der Waals surface area contributed by atoms with E-state index in [1.165, 1.54) is 23.1 Å². The second-order valence-electron chi connectivity index (χ2n) is 3.60. The molecule has 0 unspecified atom stereocenters. The Bertz CT molecular complexity index is 730. The van der Waals surface area contributed by atoms with Gasteiger partial charge in [0.05, 0.1) is 18.1 Å². The molecule has 1 aromatic carbocycles. The summed E-state index contributed by atoms with van der Waals surface area (Å²) in [5, 5.41) is 3.96. The number of fused-ring (bicyclic) bond motifs is 1. The summed E-state index contributed by atoms with van der Waals surface area (Å²) in [6, 6.07) is 6.62. The van der Waals surface area contributed by atoms with Gasteiger partial charge < -0.3 is 5.73 Å². The van der Waals surface area contributed by atoms with Gasteiger partial charge in [0, 0.05) is 5.56 Å². The van der Waals surface area contributed by atoms with Gasteiger partial charge in [-0.05, 0) is 12.1 Å². The standard InChI is InChI=1S/C10H8N4O2S/c11-7-5-12-14(6-7)10-8-3-1-2-4-9(8)17(15,16)13-10/h1-6H,11H2. The van der Waals surface area contributed by atoms with Crippen LogP contribution < -0.4 is 5.73 Å². The Labute approximate surface area is 97.5 Å². The maximum atomic E-state index is 11.8. The normalized spacial score (nSPS) is 16.6. The molecule has 1 aromatic heterocycles. The van der Waals surface area contributed by atoms with E-state index in [9.17, 15) is 8.42 Å². The van der Waals surface area contributed by atoms with Gasteiger partial charge in [0.25, 0.3) is 10.0 Å². The number of nitrogens with two attached hydrogens (primary N) is 1. The van der Waals surface area contributed by atoms with Crippen LogP contribution in [0.25, 0.3) is 0 Å². The molecule has 2 N–H and O–H groups in total. The lowest BCUT2D eigenvalue weighted by molar-refractivity contribution is 0.599. The largest absolute Gasteiger partial charge is 0.396 e. The summed E-state index contributed by atoms with van der Waals surface area (Å²) >= 11 is 0. The fourth-order valence-electron chi connectivity index (χ4n) is 1.71. The van der Waals surface area contributed by atoms with E-state index in [0.29, 0.717) is 11.3 Å². The fraction of sp³-hybridized carbons (Fsp3) is 0. The number of hydrogen-bond acceptors (Lipinski definition) is 4. The molecule has 2 aromatic rings. The van der Waals surface area contributed by atoms with Crippen LogP contribution in [0.1, 0.15) is 5.56 Å². The van der Waals surface area contributed by atoms with Crippen LogP contribution >= 0.6 is 0 Å². The number of benzene rings is 1. The van der Waals surface area contributed by atoms with E-state index >= 15 is 0 Å². The van der Waals surface area contributed by atoms with E-state index in [4.69, 9.17) is 5.73 Å². The molecule has 2 heterocycles. The fourth-order valence-corrected chi connectivity index (χ4v) is 2.90. The summed E-state index contributed by atoms with van der Waals surface area (Å²) < 4.78 is 28.6. The maximum Gasteiger partial charge on any atom is 0.285 e. The molecule has 17 heavy (non-hydrogen) atoms. The minimum absolute atomic E-state index is 0.198. The number of sulfonamides is 1. The Morgan fingerprint density at radius 1 is 1.24 bits per heavy atom. The van der Waals surface area contributed by atoms with Gasteiger partial charge in [0.15, 0.2) is 5.84 Å². The summed E-state index contributed by atoms with van der Waals surface area (Å²) in [5.74, 6) is 0.275. The van der Waals surface area contributed by atoms with E-state index in [1.54, 1.807) is 18.2 Å². The number of aromatic nitrogens is 2. The Kier molecular flexibility index (Phi) is 1.87. The van der Waals surface area contributed by atoms with Crippen LogP contribution in [0.3, 0.4) is 0 Å². The third kappa shape index (κ3) is 1.43. The zero-order valence-electron chi connectivity index (χ0n) is 8.61. The minimum atomic E-state index is -3.61. The van der Waals surface area contributed by atoms with Gasteiger partial charge in [-0.15, -0.1) is 4.40 Å². The van der Waals surface area contributed by atoms with Crippen molar-refractivity contribution in [1.82, 2.24) is 9.78 Å². The third-order valence-electron chi connectivity index (χ3n) is 2.43. The summed E-state index contributed by atoms with van der Waals surface area (Å²) in [6.45, 7) is 0. The second kappa shape index (κ2) is 3.17. The number of hydrogen-bond donors (Lipinski definition) is 1. The van der Waals surface area contributed by atoms with Crippen molar-refractivity contribution in [2.45, 2.75) is 4.90 Å². The molecule has 1 aliphatic heterocycles. The van der Waals surface area contributed by atoms with Crippen LogP contribution in [-0.2, 0) is 10.0 Å². The molecule has 86 valence electrons. The Morgan fingerprint density at radius 2 is 2.00 bits per heavy atom. The van der Waals surface area contributed by atoms with Crippen molar-refractivity contribution in [2.24, 2.45) is 4.40 Å². The van der Waals surface area contributed by atoms with Crippen molar-refractivity contribution in [3.8, 4) is 0 Å². The van der Waals surface area contributed by atoms with Gasteiger partial charge in [0.2, 0.25) is 0 Å². The van der Waals surface area contributed by atoms with Crippen molar-refractivity contribution in [2.75, 3.05) is 5.73 Å². The van der Waals surface area contributed by atoms with Crippen molar-refractivity contribution < 1.29 is 8.42 Å². The number of nitrogen functional groups attached to an aromatic ring is 1. The molecular weight excluding hydrogens is 240 g/mol. The molecule has 0 amide bonds. The zero-order chi connectivity index (χ0) is 12.0. The Hall–Kier alpha value is -2.15. The smallest absolute Gasteiger partial charge is 0.285 e. The third-order valence-corrected chi connectivity index (χ3v) is 3.76. The topological polar surface area (TPSA) is 90.3 Å². The van der Waals surface area contributed by atoms with Gasteiger partial charge in [0.1, 0.15) is 4.90 Å². The second-order valence-corrected chi connectivity index (χ2v) is 5.18. The van der Waals surface area contributed by atoms with Crippen LogP contribution in [0.15, 0.2) is 46.0 Å². The Morgan fingerprint density at radius 3 is 2.71 bits per heavy atom. The van der Waals surface area contributed by atoms with Gasteiger partial charge in [-0.25, -0.2) is 4.68 Å². The lowest BCUT2D eigenvalue weighted by atomic mass is 10.2. The summed E-state index contributed by atoms with van der Waals surface area (Å²) in [4.78, 5) is 0.198. The highest BCUT2D eigenvalue weighted by Crippen LogP contribution is 2.26. The Balaban J connectivity index is 2.27. The van der Waals surface area contributed by atoms with Gasteiger partial charge in [-0.3, -0.25) is 0 Å². The maximum absolute atomic E-state index is 11.8. The van der Waals surface area contributed by atoms with Crippen molar-refractivity contribution in [3.05, 3.63) is 42.2 Å². The average Bonchev–Trinajstić information content (AvgIpc) is 2.82. The van der Waals surface area contributed by atoms with Crippen LogP contribution in [0, 0.1) is 0 Å². The first kappa shape index (κ1) is 10.0. The lowest BCUT2D eigenvalue weighted by Crippen LogP contribution is -2.11. The predicted octanol–water partition coefficient (Wildman–Crippen LogP) is 0.463. The lowest BCUT2D eigenvalue weighted by Gasteiger charge is -2.00. The van der Waals surface area contributed by atoms with E-state index in [1.807, 2.05) is 0 Å². The molecule has 1 aliphatic rings. The SMILES string of the molecule is Nc1cnn(C2=NS(=O)(=O)c3ccccc32)c1. The van der Waals surface area contributed by atoms with E-state index in [-0.39, 0.29) is 10.7 Å². The molecule has 0 radical (unpaired) electrons. The van der Waals surface area contributed by atoms with Gasteiger partial charge in [-0.1, -0.05) is 12.1 Å². The molecule has 6 nitrogen and oxygen atoms in total. The highest BCUT2D eigenvalue weighted by atomic mass is 32.2. The molecule has 0 saturated carbocycles.